The Morgan fingerprint density at radius 1 is 1.29 bits per heavy atom. The number of aliphatic imine (C=N–C) groups is 1. The average molecular weight is 206 g/mol. The molecular formula is C12H12ClN. The minimum Gasteiger partial charge on any atom is -0.257 e. The third-order valence-electron chi connectivity index (χ3n) is 2.45. The van der Waals surface area contributed by atoms with Gasteiger partial charge in [0.05, 0.1) is 5.70 Å². The zero-order valence-corrected chi connectivity index (χ0v) is 9.10. The van der Waals surface area contributed by atoms with Crippen molar-refractivity contribution in [1.29, 1.82) is 0 Å². The van der Waals surface area contributed by atoms with E-state index in [9.17, 15) is 0 Å². The number of allylic oxidation sites excluding steroid dienone is 1. The van der Waals surface area contributed by atoms with Gasteiger partial charge in [-0.1, -0.05) is 29.8 Å². The summed E-state index contributed by atoms with van der Waals surface area (Å²) < 4.78 is 0. The van der Waals surface area contributed by atoms with E-state index in [0.29, 0.717) is 0 Å². The molecule has 0 amide bonds. The van der Waals surface area contributed by atoms with Gasteiger partial charge in [0.2, 0.25) is 0 Å². The normalized spacial score (nSPS) is 15.4. The molecule has 1 aromatic rings. The van der Waals surface area contributed by atoms with Gasteiger partial charge in [0, 0.05) is 22.7 Å². The van der Waals surface area contributed by atoms with Gasteiger partial charge >= 0.3 is 0 Å². The molecule has 0 saturated heterocycles. The molecule has 0 bridgehead atoms. The summed E-state index contributed by atoms with van der Waals surface area (Å²) in [6.45, 7) is 4.07. The first kappa shape index (κ1) is 9.47. The van der Waals surface area contributed by atoms with Crippen molar-refractivity contribution in [1.82, 2.24) is 0 Å². The standard InChI is InChI=1S/C12H12ClN/c1-8-6-7-12(14-8)10-4-3-5-11(13)9(10)2/h3-5,7H,6H2,1-2H3. The Balaban J connectivity index is 2.48. The molecule has 0 unspecified atom stereocenters. The number of nitrogens with zero attached hydrogens (tertiary/aromatic N) is 1. The van der Waals surface area contributed by atoms with Crippen molar-refractivity contribution >= 4 is 23.0 Å². The molecule has 2 rings (SSSR count). The highest BCUT2D eigenvalue weighted by Gasteiger charge is 2.10. The number of hydrogen-bond donors (Lipinski definition) is 0. The van der Waals surface area contributed by atoms with E-state index in [0.717, 1.165) is 28.3 Å². The lowest BCUT2D eigenvalue weighted by molar-refractivity contribution is 1.39. The molecule has 2 heteroatoms. The molecule has 0 atom stereocenters. The van der Waals surface area contributed by atoms with Gasteiger partial charge in [-0.05, 0) is 25.5 Å². The third-order valence-corrected chi connectivity index (χ3v) is 2.86. The zero-order chi connectivity index (χ0) is 10.1. The molecule has 14 heavy (non-hydrogen) atoms. The Hall–Kier alpha value is -1.08. The predicted octanol–water partition coefficient (Wildman–Crippen LogP) is 3.85. The van der Waals surface area contributed by atoms with Crippen LogP contribution in [0, 0.1) is 6.92 Å². The summed E-state index contributed by atoms with van der Waals surface area (Å²) in [6, 6.07) is 5.94. The topological polar surface area (TPSA) is 12.4 Å². The van der Waals surface area contributed by atoms with Crippen molar-refractivity contribution in [3.05, 3.63) is 40.4 Å². The molecular weight excluding hydrogens is 194 g/mol. The summed E-state index contributed by atoms with van der Waals surface area (Å²) in [5, 5.41) is 0.808. The van der Waals surface area contributed by atoms with Crippen LogP contribution >= 0.6 is 11.6 Å². The summed E-state index contributed by atoms with van der Waals surface area (Å²) in [5.74, 6) is 0. The fourth-order valence-electron chi connectivity index (χ4n) is 1.60. The lowest BCUT2D eigenvalue weighted by Crippen LogP contribution is -1.86. The van der Waals surface area contributed by atoms with Crippen molar-refractivity contribution in [2.45, 2.75) is 20.3 Å². The maximum atomic E-state index is 6.05. The molecule has 0 radical (unpaired) electrons. The summed E-state index contributed by atoms with van der Waals surface area (Å²) in [4.78, 5) is 4.48. The van der Waals surface area contributed by atoms with Gasteiger partial charge in [-0.25, -0.2) is 0 Å². The van der Waals surface area contributed by atoms with Crippen molar-refractivity contribution in [2.75, 3.05) is 0 Å². The van der Waals surface area contributed by atoms with Crippen molar-refractivity contribution in [3.63, 3.8) is 0 Å². The Bertz CT molecular complexity index is 430. The molecule has 0 aromatic heterocycles. The number of hydrogen-bond acceptors (Lipinski definition) is 1. The highest BCUT2D eigenvalue weighted by molar-refractivity contribution is 6.31. The summed E-state index contributed by atoms with van der Waals surface area (Å²) in [5.41, 5.74) is 4.48. The van der Waals surface area contributed by atoms with E-state index in [-0.39, 0.29) is 0 Å². The van der Waals surface area contributed by atoms with E-state index in [2.05, 4.69) is 17.1 Å². The van der Waals surface area contributed by atoms with Crippen LogP contribution in [0.4, 0.5) is 0 Å². The molecule has 1 aliphatic heterocycles. The van der Waals surface area contributed by atoms with Gasteiger partial charge in [0.15, 0.2) is 0 Å². The molecule has 1 nitrogen and oxygen atoms in total. The minimum atomic E-state index is 0.808. The van der Waals surface area contributed by atoms with Crippen LogP contribution in [0.5, 0.6) is 0 Å². The van der Waals surface area contributed by atoms with Crippen molar-refractivity contribution in [3.8, 4) is 0 Å². The first-order chi connectivity index (χ1) is 6.68. The summed E-state index contributed by atoms with van der Waals surface area (Å²) in [6.07, 6.45) is 3.11. The smallest absolute Gasteiger partial charge is 0.0668 e. The van der Waals surface area contributed by atoms with E-state index in [4.69, 9.17) is 11.6 Å². The fourth-order valence-corrected chi connectivity index (χ4v) is 1.77. The van der Waals surface area contributed by atoms with E-state index >= 15 is 0 Å². The maximum Gasteiger partial charge on any atom is 0.0668 e. The van der Waals surface area contributed by atoms with Gasteiger partial charge in [0.25, 0.3) is 0 Å². The molecule has 1 aliphatic rings. The van der Waals surface area contributed by atoms with Crippen LogP contribution in [0.2, 0.25) is 5.02 Å². The monoisotopic (exact) mass is 205 g/mol. The van der Waals surface area contributed by atoms with E-state index < -0.39 is 0 Å². The first-order valence-corrected chi connectivity index (χ1v) is 5.06. The maximum absolute atomic E-state index is 6.05. The Morgan fingerprint density at radius 2 is 2.07 bits per heavy atom. The fraction of sp³-hybridized carbons (Fsp3) is 0.250. The largest absolute Gasteiger partial charge is 0.257 e. The van der Waals surface area contributed by atoms with Crippen LogP contribution < -0.4 is 0 Å². The zero-order valence-electron chi connectivity index (χ0n) is 8.34. The van der Waals surface area contributed by atoms with Gasteiger partial charge in [-0.15, -0.1) is 0 Å². The van der Waals surface area contributed by atoms with Gasteiger partial charge < -0.3 is 0 Å². The van der Waals surface area contributed by atoms with Gasteiger partial charge in [0.1, 0.15) is 0 Å². The van der Waals surface area contributed by atoms with Gasteiger partial charge in [-0.2, -0.15) is 0 Å². The van der Waals surface area contributed by atoms with Crippen LogP contribution in [0.1, 0.15) is 24.5 Å². The molecule has 1 heterocycles. The summed E-state index contributed by atoms with van der Waals surface area (Å²) >= 11 is 6.05. The molecule has 0 N–H and O–H groups in total. The van der Waals surface area contributed by atoms with E-state index in [1.54, 1.807) is 0 Å². The average Bonchev–Trinajstić information content (AvgIpc) is 2.57. The highest BCUT2D eigenvalue weighted by Crippen LogP contribution is 2.28. The SMILES string of the molecule is CC1=NC(c2cccc(Cl)c2C)=CC1. The first-order valence-electron chi connectivity index (χ1n) is 4.68. The molecule has 72 valence electrons. The minimum absolute atomic E-state index is 0.808. The Labute approximate surface area is 89.1 Å². The molecule has 0 saturated carbocycles. The van der Waals surface area contributed by atoms with Crippen LogP contribution in [0.25, 0.3) is 5.70 Å². The number of rotatable bonds is 1. The quantitative estimate of drug-likeness (QED) is 0.661. The molecule has 0 fully saturated rings. The molecule has 1 aromatic carbocycles. The van der Waals surface area contributed by atoms with Crippen molar-refractivity contribution < 1.29 is 0 Å². The Morgan fingerprint density at radius 3 is 2.71 bits per heavy atom. The second-order valence-electron chi connectivity index (χ2n) is 3.55. The number of halogens is 1. The Kier molecular flexibility index (Phi) is 2.42. The lowest BCUT2D eigenvalue weighted by Gasteiger charge is -2.05. The highest BCUT2D eigenvalue weighted by atomic mass is 35.5. The summed E-state index contributed by atoms with van der Waals surface area (Å²) in [7, 11) is 0. The van der Waals surface area contributed by atoms with Crippen LogP contribution in [0.15, 0.2) is 29.3 Å². The second kappa shape index (κ2) is 3.58. The molecule has 0 aliphatic carbocycles. The third kappa shape index (κ3) is 1.60. The van der Waals surface area contributed by atoms with Crippen LogP contribution in [0.3, 0.4) is 0 Å². The van der Waals surface area contributed by atoms with Gasteiger partial charge in [-0.3, -0.25) is 4.99 Å². The van der Waals surface area contributed by atoms with E-state index in [1.807, 2.05) is 26.0 Å². The second-order valence-corrected chi connectivity index (χ2v) is 3.96. The van der Waals surface area contributed by atoms with Crippen molar-refractivity contribution in [2.24, 2.45) is 4.99 Å². The van der Waals surface area contributed by atoms with Crippen LogP contribution in [-0.2, 0) is 0 Å². The van der Waals surface area contributed by atoms with Crippen LogP contribution in [-0.4, -0.2) is 5.71 Å². The number of benzene rings is 1. The van der Waals surface area contributed by atoms with E-state index in [1.165, 1.54) is 5.71 Å². The lowest BCUT2D eigenvalue weighted by atomic mass is 10.1. The predicted molar refractivity (Wildman–Crippen MR) is 61.9 cm³/mol. The molecule has 0 spiro atoms.